The highest BCUT2D eigenvalue weighted by atomic mass is 16.5. The molecule has 0 saturated carbocycles. The highest BCUT2D eigenvalue weighted by Gasteiger charge is 2.17. The second kappa shape index (κ2) is 9.69. The van der Waals surface area contributed by atoms with Gasteiger partial charge in [-0.1, -0.05) is 18.2 Å². The number of rotatable bonds is 8. The van der Waals surface area contributed by atoms with E-state index in [0.717, 1.165) is 22.8 Å². The minimum absolute atomic E-state index is 0.131. The number of hydrogen-bond acceptors (Lipinski definition) is 5. The second-order valence-corrected chi connectivity index (χ2v) is 6.88. The quantitative estimate of drug-likeness (QED) is 0.598. The number of ether oxygens (including phenoxy) is 1. The molecule has 8 heteroatoms. The Bertz CT molecular complexity index is 996. The third kappa shape index (κ3) is 5.44. The molecule has 0 saturated heterocycles. The van der Waals surface area contributed by atoms with Crippen molar-refractivity contribution in [2.24, 2.45) is 0 Å². The molecule has 156 valence electrons. The highest BCUT2D eigenvalue weighted by Crippen LogP contribution is 2.20. The van der Waals surface area contributed by atoms with E-state index in [1.807, 2.05) is 42.0 Å². The van der Waals surface area contributed by atoms with Crippen molar-refractivity contribution in [2.75, 3.05) is 7.11 Å². The summed E-state index contributed by atoms with van der Waals surface area (Å²) in [7, 11) is 1.59. The fraction of sp³-hybridized carbons (Fsp3) is 0.273. The van der Waals surface area contributed by atoms with Crippen LogP contribution in [0.1, 0.15) is 36.3 Å². The monoisotopic (exact) mass is 407 g/mol. The summed E-state index contributed by atoms with van der Waals surface area (Å²) in [6.45, 7) is 3.69. The molecule has 8 nitrogen and oxygen atoms in total. The van der Waals surface area contributed by atoms with Crippen LogP contribution < -0.4 is 15.4 Å². The Morgan fingerprint density at radius 1 is 1.13 bits per heavy atom. The van der Waals surface area contributed by atoms with Gasteiger partial charge in [-0.2, -0.15) is 0 Å². The first-order chi connectivity index (χ1) is 14.5. The Balaban J connectivity index is 1.59. The first kappa shape index (κ1) is 21.0. The van der Waals surface area contributed by atoms with Gasteiger partial charge < -0.3 is 15.4 Å². The molecule has 2 N–H and O–H groups in total. The molecule has 2 aromatic heterocycles. The number of benzene rings is 1. The van der Waals surface area contributed by atoms with Crippen LogP contribution in [0.5, 0.6) is 5.75 Å². The molecule has 0 spiro atoms. The van der Waals surface area contributed by atoms with Crippen molar-refractivity contribution < 1.29 is 14.3 Å². The van der Waals surface area contributed by atoms with Gasteiger partial charge in [-0.25, -0.2) is 9.97 Å². The van der Waals surface area contributed by atoms with Gasteiger partial charge >= 0.3 is 0 Å². The van der Waals surface area contributed by atoms with Gasteiger partial charge in [0.25, 0.3) is 0 Å². The van der Waals surface area contributed by atoms with E-state index in [1.165, 1.54) is 6.92 Å². The van der Waals surface area contributed by atoms with Gasteiger partial charge in [-0.05, 0) is 36.2 Å². The SMILES string of the molecule is COc1ccc(C(CC(=O)NCc2ccc(-n3ccnc3C)nc2)NC(C)=O)cc1. The molecule has 0 bridgehead atoms. The lowest BCUT2D eigenvalue weighted by molar-refractivity contribution is -0.122. The zero-order valence-electron chi connectivity index (χ0n) is 17.3. The van der Waals surface area contributed by atoms with Crippen LogP contribution >= 0.6 is 0 Å². The van der Waals surface area contributed by atoms with Crippen molar-refractivity contribution in [2.45, 2.75) is 32.9 Å². The van der Waals surface area contributed by atoms with E-state index >= 15 is 0 Å². The molecule has 2 amide bonds. The number of methoxy groups -OCH3 is 1. The van der Waals surface area contributed by atoms with Crippen molar-refractivity contribution in [1.29, 1.82) is 0 Å². The number of aryl methyl sites for hydroxylation is 1. The van der Waals surface area contributed by atoms with Gasteiger partial charge in [0.15, 0.2) is 0 Å². The molecule has 1 unspecified atom stereocenters. The summed E-state index contributed by atoms with van der Waals surface area (Å²) in [5.74, 6) is 1.97. The third-order valence-electron chi connectivity index (χ3n) is 4.66. The largest absolute Gasteiger partial charge is 0.497 e. The van der Waals surface area contributed by atoms with E-state index in [2.05, 4.69) is 20.6 Å². The van der Waals surface area contributed by atoms with Crippen molar-refractivity contribution in [1.82, 2.24) is 25.2 Å². The molecule has 1 aromatic carbocycles. The van der Waals surface area contributed by atoms with Gasteiger partial charge in [0.05, 0.1) is 19.6 Å². The van der Waals surface area contributed by atoms with Crippen molar-refractivity contribution in [3.8, 4) is 11.6 Å². The molecule has 0 aliphatic heterocycles. The van der Waals surface area contributed by atoms with Gasteiger partial charge in [0.2, 0.25) is 11.8 Å². The van der Waals surface area contributed by atoms with E-state index < -0.39 is 6.04 Å². The predicted molar refractivity (Wildman–Crippen MR) is 112 cm³/mol. The maximum absolute atomic E-state index is 12.5. The summed E-state index contributed by atoms with van der Waals surface area (Å²) < 4.78 is 7.04. The average molecular weight is 407 g/mol. The van der Waals surface area contributed by atoms with Crippen LogP contribution in [-0.2, 0) is 16.1 Å². The summed E-state index contributed by atoms with van der Waals surface area (Å²) >= 11 is 0. The van der Waals surface area contributed by atoms with E-state index in [9.17, 15) is 9.59 Å². The predicted octanol–water partition coefficient (Wildman–Crippen LogP) is 2.47. The number of carbonyl (C=O) groups is 2. The van der Waals surface area contributed by atoms with Crippen LogP contribution in [0.15, 0.2) is 55.0 Å². The summed E-state index contributed by atoms with van der Waals surface area (Å²) in [4.78, 5) is 32.7. The Labute approximate surface area is 175 Å². The maximum Gasteiger partial charge on any atom is 0.222 e. The fourth-order valence-corrected chi connectivity index (χ4v) is 3.08. The van der Waals surface area contributed by atoms with Crippen LogP contribution in [0.3, 0.4) is 0 Å². The van der Waals surface area contributed by atoms with Crippen LogP contribution in [0, 0.1) is 6.92 Å². The number of amides is 2. The lowest BCUT2D eigenvalue weighted by Gasteiger charge is -2.18. The number of carbonyl (C=O) groups excluding carboxylic acids is 2. The molecule has 1 atom stereocenters. The molecule has 0 aliphatic rings. The van der Waals surface area contributed by atoms with E-state index in [0.29, 0.717) is 12.3 Å². The summed E-state index contributed by atoms with van der Waals surface area (Å²) in [6, 6.07) is 10.7. The van der Waals surface area contributed by atoms with Crippen LogP contribution in [-0.4, -0.2) is 33.5 Å². The van der Waals surface area contributed by atoms with Crippen LogP contribution in [0.4, 0.5) is 0 Å². The van der Waals surface area contributed by atoms with Gasteiger partial charge in [0, 0.05) is 32.1 Å². The van der Waals surface area contributed by atoms with Gasteiger partial charge in [0.1, 0.15) is 17.4 Å². The van der Waals surface area contributed by atoms with E-state index in [4.69, 9.17) is 4.74 Å². The van der Waals surface area contributed by atoms with E-state index in [1.54, 1.807) is 31.6 Å². The Morgan fingerprint density at radius 3 is 2.47 bits per heavy atom. The van der Waals surface area contributed by atoms with Crippen molar-refractivity contribution in [3.05, 3.63) is 71.9 Å². The normalized spacial score (nSPS) is 11.6. The smallest absolute Gasteiger partial charge is 0.222 e. The molecular formula is C22H25N5O3. The summed E-state index contributed by atoms with van der Waals surface area (Å²) in [6.07, 6.45) is 5.43. The van der Waals surface area contributed by atoms with Crippen molar-refractivity contribution in [3.63, 3.8) is 0 Å². The molecule has 0 radical (unpaired) electrons. The Morgan fingerprint density at radius 2 is 1.90 bits per heavy atom. The minimum Gasteiger partial charge on any atom is -0.497 e. The first-order valence-electron chi connectivity index (χ1n) is 9.59. The molecule has 30 heavy (non-hydrogen) atoms. The molecule has 0 fully saturated rings. The summed E-state index contributed by atoms with van der Waals surface area (Å²) in [5.41, 5.74) is 1.72. The van der Waals surface area contributed by atoms with Crippen LogP contribution in [0.25, 0.3) is 5.82 Å². The van der Waals surface area contributed by atoms with E-state index in [-0.39, 0.29) is 18.2 Å². The first-order valence-corrected chi connectivity index (χ1v) is 9.59. The van der Waals surface area contributed by atoms with Crippen LogP contribution in [0.2, 0.25) is 0 Å². The van der Waals surface area contributed by atoms with Crippen molar-refractivity contribution >= 4 is 11.8 Å². The number of nitrogens with one attached hydrogen (secondary N) is 2. The molecule has 2 heterocycles. The maximum atomic E-state index is 12.5. The second-order valence-electron chi connectivity index (χ2n) is 6.88. The lowest BCUT2D eigenvalue weighted by Crippen LogP contribution is -2.32. The topological polar surface area (TPSA) is 98.1 Å². The average Bonchev–Trinajstić information content (AvgIpc) is 3.18. The number of imidazole rings is 1. The third-order valence-corrected chi connectivity index (χ3v) is 4.66. The van der Waals surface area contributed by atoms with Gasteiger partial charge in [-0.15, -0.1) is 0 Å². The zero-order valence-corrected chi connectivity index (χ0v) is 17.3. The number of pyridine rings is 1. The fourth-order valence-electron chi connectivity index (χ4n) is 3.08. The standard InChI is InChI=1S/C22H25N5O3/c1-15-23-10-11-27(15)21-9-4-17(13-24-21)14-25-22(29)12-20(26-16(2)28)18-5-7-19(30-3)8-6-18/h4-11,13,20H,12,14H2,1-3H3,(H,25,29)(H,26,28). The zero-order chi connectivity index (χ0) is 21.5. The van der Waals surface area contributed by atoms with Gasteiger partial charge in [-0.3, -0.25) is 14.2 Å². The lowest BCUT2D eigenvalue weighted by atomic mass is 10.0. The Kier molecular flexibility index (Phi) is 6.79. The number of hydrogen-bond donors (Lipinski definition) is 2. The molecular weight excluding hydrogens is 382 g/mol. The number of aromatic nitrogens is 3. The molecule has 3 aromatic rings. The highest BCUT2D eigenvalue weighted by molar-refractivity contribution is 5.79. The molecule has 0 aliphatic carbocycles. The Hall–Kier alpha value is -3.68. The minimum atomic E-state index is -0.418. The molecule has 3 rings (SSSR count). The summed E-state index contributed by atoms with van der Waals surface area (Å²) in [5, 5.41) is 5.72. The number of nitrogens with zero attached hydrogens (tertiary/aromatic N) is 3.